The summed E-state index contributed by atoms with van der Waals surface area (Å²) in [5, 5.41) is 11.4. The van der Waals surface area contributed by atoms with Crippen LogP contribution in [0.1, 0.15) is 13.3 Å². The van der Waals surface area contributed by atoms with E-state index in [9.17, 15) is 8.78 Å². The van der Waals surface area contributed by atoms with E-state index in [0.29, 0.717) is 6.54 Å². The first kappa shape index (κ1) is 11.5. The Kier molecular flexibility index (Phi) is 5.84. The minimum atomic E-state index is -2.66. The summed E-state index contributed by atoms with van der Waals surface area (Å²) in [5.41, 5.74) is 0.994. The van der Waals surface area contributed by atoms with Gasteiger partial charge >= 0.3 is 0 Å². The second kappa shape index (κ2) is 6.08. The number of hydrogen-bond acceptors (Lipinski definition) is 2. The Balaban J connectivity index is 3.25. The molecule has 12 heavy (non-hydrogen) atoms. The molecule has 0 radical (unpaired) electrons. The molecule has 0 aliphatic carbocycles. The van der Waals surface area contributed by atoms with Crippen LogP contribution in [0.2, 0.25) is 0 Å². The zero-order valence-corrected chi connectivity index (χ0v) is 7.19. The van der Waals surface area contributed by atoms with Crippen molar-refractivity contribution in [1.29, 1.82) is 0 Å². The van der Waals surface area contributed by atoms with E-state index in [-0.39, 0.29) is 6.54 Å². The van der Waals surface area contributed by atoms with Gasteiger partial charge in [-0.25, -0.2) is 8.78 Å². The van der Waals surface area contributed by atoms with Crippen molar-refractivity contribution in [3.63, 3.8) is 0 Å². The van der Waals surface area contributed by atoms with E-state index in [2.05, 4.69) is 11.9 Å². The van der Waals surface area contributed by atoms with Crippen LogP contribution in [-0.4, -0.2) is 30.7 Å². The van der Waals surface area contributed by atoms with Crippen LogP contribution >= 0.6 is 0 Å². The van der Waals surface area contributed by atoms with E-state index in [1.807, 2.05) is 6.92 Å². The molecule has 1 atom stereocenters. The Hall–Kier alpha value is -0.480. The molecule has 4 heteroatoms. The van der Waals surface area contributed by atoms with E-state index in [1.54, 1.807) is 0 Å². The van der Waals surface area contributed by atoms with Crippen LogP contribution in [0, 0.1) is 0 Å². The minimum Gasteiger partial charge on any atom is -0.386 e. The van der Waals surface area contributed by atoms with Crippen LogP contribution in [0.3, 0.4) is 0 Å². The highest BCUT2D eigenvalue weighted by Gasteiger charge is 2.15. The van der Waals surface area contributed by atoms with Gasteiger partial charge in [0.15, 0.2) is 0 Å². The van der Waals surface area contributed by atoms with Crippen molar-refractivity contribution in [3.05, 3.63) is 12.2 Å². The molecule has 0 bridgehead atoms. The monoisotopic (exact) mass is 179 g/mol. The number of halogens is 2. The molecule has 0 fully saturated rings. The van der Waals surface area contributed by atoms with Crippen LogP contribution in [0.5, 0.6) is 0 Å². The predicted octanol–water partition coefficient (Wildman–Crippen LogP) is 1.17. The normalized spacial score (nSPS) is 13.4. The molecule has 0 aliphatic rings. The minimum absolute atomic E-state index is 0.0645. The lowest BCUT2D eigenvalue weighted by Crippen LogP contribution is -2.32. The second-order valence-electron chi connectivity index (χ2n) is 2.81. The summed E-state index contributed by atoms with van der Waals surface area (Å²) in [6.45, 7) is 6.04. The summed E-state index contributed by atoms with van der Waals surface area (Å²) < 4.78 is 23.4. The van der Waals surface area contributed by atoms with E-state index in [4.69, 9.17) is 5.11 Å². The third-order valence-electron chi connectivity index (χ3n) is 1.37. The van der Waals surface area contributed by atoms with Gasteiger partial charge in [0, 0.05) is 6.54 Å². The zero-order chi connectivity index (χ0) is 9.56. The SMILES string of the molecule is C=C(C)CCNCC(O)C(F)F. The summed E-state index contributed by atoms with van der Waals surface area (Å²) in [6, 6.07) is 0. The molecular formula is C8H15F2NO. The Morgan fingerprint density at radius 1 is 1.58 bits per heavy atom. The molecule has 0 aromatic heterocycles. The van der Waals surface area contributed by atoms with Gasteiger partial charge in [-0.15, -0.1) is 6.58 Å². The number of aliphatic hydroxyl groups excluding tert-OH is 1. The lowest BCUT2D eigenvalue weighted by atomic mass is 10.2. The first-order valence-corrected chi connectivity index (χ1v) is 3.85. The fourth-order valence-corrected chi connectivity index (χ4v) is 0.641. The highest BCUT2D eigenvalue weighted by Crippen LogP contribution is 1.99. The summed E-state index contributed by atoms with van der Waals surface area (Å²) in [5.74, 6) is 0. The highest BCUT2D eigenvalue weighted by molar-refractivity contribution is 4.88. The van der Waals surface area contributed by atoms with Gasteiger partial charge in [-0.05, 0) is 19.9 Å². The van der Waals surface area contributed by atoms with Crippen LogP contribution in [0.25, 0.3) is 0 Å². The molecule has 0 saturated carbocycles. The molecular weight excluding hydrogens is 164 g/mol. The van der Waals surface area contributed by atoms with Crippen LogP contribution in [-0.2, 0) is 0 Å². The third-order valence-corrected chi connectivity index (χ3v) is 1.37. The lowest BCUT2D eigenvalue weighted by Gasteiger charge is -2.10. The smallest absolute Gasteiger partial charge is 0.265 e. The van der Waals surface area contributed by atoms with E-state index >= 15 is 0 Å². The fourth-order valence-electron chi connectivity index (χ4n) is 0.641. The summed E-state index contributed by atoms with van der Waals surface area (Å²) >= 11 is 0. The Morgan fingerprint density at radius 3 is 2.58 bits per heavy atom. The second-order valence-corrected chi connectivity index (χ2v) is 2.81. The standard InChI is InChI=1S/C8H15F2NO/c1-6(2)3-4-11-5-7(12)8(9)10/h7-8,11-12H,1,3-5H2,2H3. The van der Waals surface area contributed by atoms with E-state index in [0.717, 1.165) is 12.0 Å². The molecule has 0 saturated heterocycles. The molecule has 0 aliphatic heterocycles. The maximum Gasteiger partial charge on any atom is 0.265 e. The number of hydrogen-bond donors (Lipinski definition) is 2. The topological polar surface area (TPSA) is 32.3 Å². The average Bonchev–Trinajstić information content (AvgIpc) is 1.97. The molecule has 72 valence electrons. The molecule has 0 aromatic carbocycles. The number of nitrogens with one attached hydrogen (secondary N) is 1. The van der Waals surface area contributed by atoms with Crippen LogP contribution in [0.4, 0.5) is 8.78 Å². The number of aliphatic hydroxyl groups is 1. The molecule has 0 amide bonds. The first-order valence-electron chi connectivity index (χ1n) is 3.85. The molecule has 2 nitrogen and oxygen atoms in total. The summed E-state index contributed by atoms with van der Waals surface area (Å²) in [4.78, 5) is 0. The molecule has 0 heterocycles. The molecule has 0 spiro atoms. The van der Waals surface area contributed by atoms with Crippen molar-refractivity contribution < 1.29 is 13.9 Å². The van der Waals surface area contributed by atoms with Crippen LogP contribution in [0.15, 0.2) is 12.2 Å². The van der Waals surface area contributed by atoms with Crippen molar-refractivity contribution in [3.8, 4) is 0 Å². The Labute approximate surface area is 71.3 Å². The molecule has 0 rings (SSSR count). The Bertz CT molecular complexity index is 139. The largest absolute Gasteiger partial charge is 0.386 e. The number of rotatable bonds is 6. The van der Waals surface area contributed by atoms with Gasteiger partial charge in [-0.1, -0.05) is 5.57 Å². The van der Waals surface area contributed by atoms with Crippen molar-refractivity contribution in [2.24, 2.45) is 0 Å². The molecule has 0 aromatic rings. The van der Waals surface area contributed by atoms with Gasteiger partial charge in [0.25, 0.3) is 6.43 Å². The van der Waals surface area contributed by atoms with E-state index < -0.39 is 12.5 Å². The van der Waals surface area contributed by atoms with Gasteiger partial charge in [-0.3, -0.25) is 0 Å². The maximum atomic E-state index is 11.7. The van der Waals surface area contributed by atoms with Crippen molar-refractivity contribution in [1.82, 2.24) is 5.32 Å². The summed E-state index contributed by atoms with van der Waals surface area (Å²) in [7, 11) is 0. The predicted molar refractivity (Wildman–Crippen MR) is 44.3 cm³/mol. The van der Waals surface area contributed by atoms with Crippen molar-refractivity contribution >= 4 is 0 Å². The summed E-state index contributed by atoms with van der Waals surface area (Å²) in [6.07, 6.45) is -3.48. The van der Waals surface area contributed by atoms with Gasteiger partial charge < -0.3 is 10.4 Å². The van der Waals surface area contributed by atoms with Crippen LogP contribution < -0.4 is 5.32 Å². The third kappa shape index (κ3) is 6.24. The zero-order valence-electron chi connectivity index (χ0n) is 7.19. The van der Waals surface area contributed by atoms with Gasteiger partial charge in [0.1, 0.15) is 6.10 Å². The molecule has 2 N–H and O–H groups in total. The maximum absolute atomic E-state index is 11.7. The average molecular weight is 179 g/mol. The fraction of sp³-hybridized carbons (Fsp3) is 0.750. The van der Waals surface area contributed by atoms with Crippen molar-refractivity contribution in [2.45, 2.75) is 25.9 Å². The first-order chi connectivity index (χ1) is 5.54. The van der Waals surface area contributed by atoms with Gasteiger partial charge in [0.05, 0.1) is 0 Å². The molecule has 1 unspecified atom stereocenters. The quantitative estimate of drug-likeness (QED) is 0.474. The number of alkyl halides is 2. The van der Waals surface area contributed by atoms with Gasteiger partial charge in [0.2, 0.25) is 0 Å². The van der Waals surface area contributed by atoms with Gasteiger partial charge in [-0.2, -0.15) is 0 Å². The lowest BCUT2D eigenvalue weighted by molar-refractivity contribution is -0.00308. The van der Waals surface area contributed by atoms with Crippen molar-refractivity contribution in [2.75, 3.05) is 13.1 Å². The van der Waals surface area contributed by atoms with E-state index in [1.165, 1.54) is 0 Å². The Morgan fingerprint density at radius 2 is 2.17 bits per heavy atom. The highest BCUT2D eigenvalue weighted by atomic mass is 19.3.